The Morgan fingerprint density at radius 2 is 1.92 bits per heavy atom. The number of nitrogens with zero attached hydrogens (tertiary/aromatic N) is 1. The molecule has 8 heteroatoms. The molecule has 0 bridgehead atoms. The van der Waals surface area contributed by atoms with Gasteiger partial charge < -0.3 is 20.4 Å². The fraction of sp³-hybridized carbons (Fsp3) is 0.438. The van der Waals surface area contributed by atoms with Gasteiger partial charge in [-0.1, -0.05) is 30.3 Å². The van der Waals surface area contributed by atoms with Gasteiger partial charge in [0.05, 0.1) is 6.42 Å². The summed E-state index contributed by atoms with van der Waals surface area (Å²) in [5.74, 6) is -2.39. The second-order valence-corrected chi connectivity index (χ2v) is 8.24. The number of hydrogen-bond donors (Lipinski definition) is 3. The zero-order valence-corrected chi connectivity index (χ0v) is 14.0. The summed E-state index contributed by atoms with van der Waals surface area (Å²) in [7, 11) is 0. The van der Waals surface area contributed by atoms with E-state index in [1.165, 1.54) is 11.8 Å². The van der Waals surface area contributed by atoms with Gasteiger partial charge in [-0.05, 0) is 19.4 Å². The lowest BCUT2D eigenvalue weighted by atomic mass is 9.93. The monoisotopic (exact) mass is 350 g/mol. The number of carboxylic acid groups (broad SMARTS) is 1. The summed E-state index contributed by atoms with van der Waals surface area (Å²) < 4.78 is -0.763. The van der Waals surface area contributed by atoms with E-state index in [4.69, 9.17) is 0 Å². The summed E-state index contributed by atoms with van der Waals surface area (Å²) in [4.78, 5) is 37.1. The third kappa shape index (κ3) is 2.46. The van der Waals surface area contributed by atoms with Crippen molar-refractivity contribution in [3.05, 3.63) is 35.9 Å². The van der Waals surface area contributed by atoms with Gasteiger partial charge in [0.1, 0.15) is 11.4 Å². The molecule has 3 N–H and O–H groups in total. The molecular formula is C16H18N2O5S. The number of benzene rings is 1. The number of carbonyl (C=O) groups is 3. The Labute approximate surface area is 143 Å². The van der Waals surface area contributed by atoms with Crippen molar-refractivity contribution in [1.29, 1.82) is 0 Å². The van der Waals surface area contributed by atoms with Gasteiger partial charge in [-0.3, -0.25) is 9.59 Å². The summed E-state index contributed by atoms with van der Waals surface area (Å²) in [6, 6.07) is 7.91. The van der Waals surface area contributed by atoms with E-state index in [0.29, 0.717) is 0 Å². The molecule has 2 fully saturated rings. The number of amides is 2. The molecule has 1 aromatic carbocycles. The maximum absolute atomic E-state index is 12.3. The first-order chi connectivity index (χ1) is 11.2. The number of rotatable bonds is 4. The summed E-state index contributed by atoms with van der Waals surface area (Å²) in [5.41, 5.74) is -1.30. The van der Waals surface area contributed by atoms with Crippen molar-refractivity contribution in [2.45, 2.75) is 42.2 Å². The van der Waals surface area contributed by atoms with E-state index in [1.54, 1.807) is 38.1 Å². The highest BCUT2D eigenvalue weighted by molar-refractivity contribution is 8.01. The number of aliphatic hydroxyl groups is 1. The number of thioether (sulfide) groups is 1. The molecular weight excluding hydrogens is 332 g/mol. The first kappa shape index (κ1) is 16.8. The van der Waals surface area contributed by atoms with E-state index in [2.05, 4.69) is 5.32 Å². The van der Waals surface area contributed by atoms with Crippen LogP contribution in [-0.4, -0.2) is 54.8 Å². The molecule has 0 aliphatic carbocycles. The number of carboxylic acids is 1. The molecule has 0 radical (unpaired) electrons. The fourth-order valence-electron chi connectivity index (χ4n) is 3.20. The third-order valence-corrected chi connectivity index (χ3v) is 5.92. The zero-order valence-electron chi connectivity index (χ0n) is 13.2. The molecule has 2 aliphatic rings. The van der Waals surface area contributed by atoms with Crippen LogP contribution in [0.1, 0.15) is 19.4 Å². The lowest BCUT2D eigenvalue weighted by Gasteiger charge is -2.49. The van der Waals surface area contributed by atoms with Crippen molar-refractivity contribution in [1.82, 2.24) is 10.2 Å². The number of β-lactam (4-membered cyclic amide) rings is 1. The number of hydrogen-bond acceptors (Lipinski definition) is 5. The molecule has 2 saturated heterocycles. The van der Waals surface area contributed by atoms with Crippen LogP contribution < -0.4 is 5.32 Å². The molecule has 128 valence electrons. The van der Waals surface area contributed by atoms with Crippen molar-refractivity contribution in [2.75, 3.05) is 0 Å². The lowest BCUT2D eigenvalue weighted by Crippen LogP contribution is -2.79. The van der Waals surface area contributed by atoms with Crippen LogP contribution in [0.4, 0.5) is 0 Å². The fourth-order valence-corrected chi connectivity index (χ4v) is 4.78. The topological polar surface area (TPSA) is 107 Å². The Bertz CT molecular complexity index is 708. The van der Waals surface area contributed by atoms with Gasteiger partial charge in [0.2, 0.25) is 11.6 Å². The average Bonchev–Trinajstić information content (AvgIpc) is 2.77. The second-order valence-electron chi connectivity index (χ2n) is 6.50. The third-order valence-electron chi connectivity index (χ3n) is 4.29. The smallest absolute Gasteiger partial charge is 0.327 e. The maximum Gasteiger partial charge on any atom is 0.327 e. The van der Waals surface area contributed by atoms with Gasteiger partial charge >= 0.3 is 5.97 Å². The van der Waals surface area contributed by atoms with Gasteiger partial charge in [0.15, 0.2) is 0 Å². The summed E-state index contributed by atoms with van der Waals surface area (Å²) in [6.07, 6.45) is 0.0273. The highest BCUT2D eigenvalue weighted by Crippen LogP contribution is 2.53. The molecule has 2 aliphatic heterocycles. The van der Waals surface area contributed by atoms with E-state index in [0.717, 1.165) is 10.5 Å². The predicted octanol–water partition coefficient (Wildman–Crippen LogP) is 0.181. The SMILES string of the molecule is CC1(C)S[C@H]2N(C(=O)C2(O)NC(=O)Cc2ccccc2)[C@H]1C(=O)O. The van der Waals surface area contributed by atoms with E-state index in [1.807, 2.05) is 6.07 Å². The highest BCUT2D eigenvalue weighted by Gasteiger charge is 2.72. The first-order valence-electron chi connectivity index (χ1n) is 7.47. The Morgan fingerprint density at radius 3 is 2.50 bits per heavy atom. The molecule has 24 heavy (non-hydrogen) atoms. The van der Waals surface area contributed by atoms with Crippen LogP contribution >= 0.6 is 11.8 Å². The molecule has 0 saturated carbocycles. The molecule has 0 aromatic heterocycles. The Kier molecular flexibility index (Phi) is 3.84. The van der Waals surface area contributed by atoms with Gasteiger partial charge in [-0.15, -0.1) is 11.8 Å². The van der Waals surface area contributed by atoms with E-state index >= 15 is 0 Å². The minimum atomic E-state index is -2.06. The van der Waals surface area contributed by atoms with Crippen LogP contribution in [0.25, 0.3) is 0 Å². The molecule has 3 atom stereocenters. The molecule has 0 spiro atoms. The van der Waals surface area contributed by atoms with E-state index in [9.17, 15) is 24.6 Å². The van der Waals surface area contributed by atoms with Crippen LogP contribution in [0.15, 0.2) is 30.3 Å². The number of nitrogens with one attached hydrogen (secondary N) is 1. The largest absolute Gasteiger partial charge is 0.480 e. The van der Waals surface area contributed by atoms with Crippen molar-refractivity contribution < 1.29 is 24.6 Å². The molecule has 1 unspecified atom stereocenters. The maximum atomic E-state index is 12.3. The first-order valence-corrected chi connectivity index (χ1v) is 8.35. The van der Waals surface area contributed by atoms with Crippen LogP contribution in [0.5, 0.6) is 0 Å². The highest BCUT2D eigenvalue weighted by atomic mass is 32.2. The Hall–Kier alpha value is -2.06. The van der Waals surface area contributed by atoms with Crippen LogP contribution in [0.3, 0.4) is 0 Å². The quantitative estimate of drug-likeness (QED) is 0.528. The number of aliphatic carboxylic acids is 1. The lowest BCUT2D eigenvalue weighted by molar-refractivity contribution is -0.194. The number of carbonyl (C=O) groups excluding carboxylic acids is 2. The van der Waals surface area contributed by atoms with Gasteiger partial charge in [-0.25, -0.2) is 4.79 Å². The standard InChI is InChI=1S/C16H18N2O5S/c1-15(2)11(12(20)21)18-13(22)16(23,14(18)24-15)17-10(19)8-9-6-4-3-5-7-9/h3-7,11,14,23H,8H2,1-2H3,(H,17,19)(H,20,21)/t11-,14+,16?/m0/s1. The molecule has 1 aromatic rings. The summed E-state index contributed by atoms with van der Waals surface area (Å²) in [5, 5.41) is 21.5. The van der Waals surface area contributed by atoms with Crippen LogP contribution in [0, 0.1) is 0 Å². The van der Waals surface area contributed by atoms with Crippen molar-refractivity contribution in [3.63, 3.8) is 0 Å². The molecule has 2 heterocycles. The van der Waals surface area contributed by atoms with Crippen LogP contribution in [-0.2, 0) is 20.8 Å². The Morgan fingerprint density at radius 1 is 1.29 bits per heavy atom. The van der Waals surface area contributed by atoms with Crippen molar-refractivity contribution >= 4 is 29.5 Å². The van der Waals surface area contributed by atoms with E-state index < -0.39 is 39.7 Å². The summed E-state index contributed by atoms with van der Waals surface area (Å²) in [6.45, 7) is 3.41. The minimum absolute atomic E-state index is 0.0273. The summed E-state index contributed by atoms with van der Waals surface area (Å²) >= 11 is 1.17. The normalized spacial score (nSPS) is 30.5. The second kappa shape index (κ2) is 5.49. The van der Waals surface area contributed by atoms with Gasteiger partial charge in [0, 0.05) is 4.75 Å². The van der Waals surface area contributed by atoms with Gasteiger partial charge in [-0.2, -0.15) is 0 Å². The average molecular weight is 350 g/mol. The molecule has 7 nitrogen and oxygen atoms in total. The Balaban J connectivity index is 1.75. The van der Waals surface area contributed by atoms with Gasteiger partial charge in [0.25, 0.3) is 5.91 Å². The molecule has 2 amide bonds. The van der Waals surface area contributed by atoms with Crippen molar-refractivity contribution in [3.8, 4) is 0 Å². The van der Waals surface area contributed by atoms with E-state index in [-0.39, 0.29) is 6.42 Å². The van der Waals surface area contributed by atoms with Crippen LogP contribution in [0.2, 0.25) is 0 Å². The number of fused-ring (bicyclic) bond motifs is 1. The predicted molar refractivity (Wildman–Crippen MR) is 87.0 cm³/mol. The minimum Gasteiger partial charge on any atom is -0.480 e. The van der Waals surface area contributed by atoms with Crippen molar-refractivity contribution in [2.24, 2.45) is 0 Å². The zero-order chi connectivity index (χ0) is 17.7. The molecule has 3 rings (SSSR count).